The SMILES string of the molecule is CCC1(B2OC(C)(C)C(C)(C)O2)OCCCO1. The van der Waals surface area contributed by atoms with E-state index >= 15 is 0 Å². The molecule has 0 saturated carbocycles. The fraction of sp³-hybridized carbons (Fsp3) is 1.00. The molecule has 0 aromatic rings. The van der Waals surface area contributed by atoms with E-state index in [2.05, 4.69) is 0 Å². The number of hydrogen-bond donors (Lipinski definition) is 0. The normalized spacial score (nSPS) is 30.5. The lowest BCUT2D eigenvalue weighted by Gasteiger charge is -2.37. The molecule has 0 radical (unpaired) electrons. The van der Waals surface area contributed by atoms with Crippen molar-refractivity contribution in [2.45, 2.75) is 64.3 Å². The molecule has 0 aromatic heterocycles. The van der Waals surface area contributed by atoms with Gasteiger partial charge < -0.3 is 18.8 Å². The summed E-state index contributed by atoms with van der Waals surface area (Å²) in [6.45, 7) is 11.6. The molecule has 2 rings (SSSR count). The standard InChI is InChI=1S/C12H23BO4/c1-6-12(14-8-7-9-15-12)13-16-10(2,3)11(4,5)17-13/h6-9H2,1-5H3. The quantitative estimate of drug-likeness (QED) is 0.695. The number of ether oxygens (including phenoxy) is 2. The van der Waals surface area contributed by atoms with Crippen LogP contribution in [0.25, 0.3) is 0 Å². The van der Waals surface area contributed by atoms with Crippen molar-refractivity contribution in [3.8, 4) is 0 Å². The molecule has 0 N–H and O–H groups in total. The van der Waals surface area contributed by atoms with Crippen LogP contribution in [0.3, 0.4) is 0 Å². The highest BCUT2D eigenvalue weighted by Gasteiger charge is 2.61. The third-order valence-electron chi connectivity index (χ3n) is 4.09. The Hall–Kier alpha value is -0.0951. The Morgan fingerprint density at radius 3 is 1.82 bits per heavy atom. The molecule has 2 aliphatic rings. The van der Waals surface area contributed by atoms with Gasteiger partial charge in [-0.3, -0.25) is 0 Å². The van der Waals surface area contributed by atoms with Crippen LogP contribution < -0.4 is 0 Å². The molecule has 0 atom stereocenters. The summed E-state index contributed by atoms with van der Waals surface area (Å²) in [5, 5.41) is 0. The summed E-state index contributed by atoms with van der Waals surface area (Å²) in [6, 6.07) is 0. The molecule has 0 aliphatic carbocycles. The Morgan fingerprint density at radius 1 is 0.941 bits per heavy atom. The first kappa shape index (κ1) is 13.3. The maximum Gasteiger partial charge on any atom is 0.521 e. The van der Waals surface area contributed by atoms with Crippen molar-refractivity contribution in [1.29, 1.82) is 0 Å². The van der Waals surface area contributed by atoms with Crippen LogP contribution in [-0.2, 0) is 18.8 Å². The maximum atomic E-state index is 6.03. The highest BCUT2D eigenvalue weighted by molar-refractivity contribution is 6.48. The summed E-state index contributed by atoms with van der Waals surface area (Å²) >= 11 is 0. The summed E-state index contributed by atoms with van der Waals surface area (Å²) in [5.41, 5.74) is -1.42. The van der Waals surface area contributed by atoms with E-state index in [0.717, 1.165) is 12.8 Å². The first-order chi connectivity index (χ1) is 7.83. The molecule has 0 amide bonds. The Labute approximate surface area is 104 Å². The molecule has 98 valence electrons. The smallest absolute Gasteiger partial charge is 0.400 e. The van der Waals surface area contributed by atoms with E-state index in [1.807, 2.05) is 34.6 Å². The lowest BCUT2D eigenvalue weighted by molar-refractivity contribution is -0.231. The van der Waals surface area contributed by atoms with Gasteiger partial charge in [-0.2, -0.15) is 0 Å². The summed E-state index contributed by atoms with van der Waals surface area (Å²) < 4.78 is 23.7. The van der Waals surface area contributed by atoms with Gasteiger partial charge in [0.2, 0.25) is 5.69 Å². The van der Waals surface area contributed by atoms with E-state index in [-0.39, 0.29) is 11.2 Å². The van der Waals surface area contributed by atoms with Gasteiger partial charge in [-0.1, -0.05) is 6.92 Å². The van der Waals surface area contributed by atoms with E-state index < -0.39 is 12.8 Å². The van der Waals surface area contributed by atoms with E-state index in [4.69, 9.17) is 18.8 Å². The molecule has 2 saturated heterocycles. The predicted octanol–water partition coefficient (Wildman–Crippen LogP) is 2.16. The monoisotopic (exact) mass is 242 g/mol. The van der Waals surface area contributed by atoms with Crippen molar-refractivity contribution in [3.63, 3.8) is 0 Å². The third kappa shape index (κ3) is 2.14. The van der Waals surface area contributed by atoms with Crippen molar-refractivity contribution in [3.05, 3.63) is 0 Å². The second-order valence-corrected chi connectivity index (χ2v) is 5.80. The van der Waals surface area contributed by atoms with Crippen LogP contribution in [0.1, 0.15) is 47.5 Å². The van der Waals surface area contributed by atoms with Gasteiger partial charge >= 0.3 is 7.12 Å². The second kappa shape index (κ2) is 4.23. The molecular weight excluding hydrogens is 219 g/mol. The molecule has 5 heteroatoms. The van der Waals surface area contributed by atoms with Crippen LogP contribution in [0.5, 0.6) is 0 Å². The van der Waals surface area contributed by atoms with Crippen molar-refractivity contribution in [2.75, 3.05) is 13.2 Å². The summed E-state index contributed by atoms with van der Waals surface area (Å²) in [6.07, 6.45) is 1.66. The van der Waals surface area contributed by atoms with Crippen LogP contribution in [0.4, 0.5) is 0 Å². The lowest BCUT2D eigenvalue weighted by Crippen LogP contribution is -2.54. The first-order valence-corrected chi connectivity index (χ1v) is 6.46. The minimum absolute atomic E-state index is 0.343. The zero-order chi connectivity index (χ0) is 12.7. The van der Waals surface area contributed by atoms with Crippen LogP contribution >= 0.6 is 0 Å². The molecule has 2 aliphatic heterocycles. The van der Waals surface area contributed by atoms with E-state index in [1.54, 1.807) is 0 Å². The molecule has 0 unspecified atom stereocenters. The Bertz CT molecular complexity index is 268. The van der Waals surface area contributed by atoms with E-state index in [1.165, 1.54) is 0 Å². The molecule has 17 heavy (non-hydrogen) atoms. The van der Waals surface area contributed by atoms with E-state index in [9.17, 15) is 0 Å². The van der Waals surface area contributed by atoms with Crippen LogP contribution in [0, 0.1) is 0 Å². The zero-order valence-corrected chi connectivity index (χ0v) is 11.5. The highest BCUT2D eigenvalue weighted by Crippen LogP contribution is 2.42. The molecule has 2 heterocycles. The van der Waals surface area contributed by atoms with E-state index in [0.29, 0.717) is 13.2 Å². The van der Waals surface area contributed by atoms with Crippen molar-refractivity contribution in [2.24, 2.45) is 0 Å². The molecule has 0 bridgehead atoms. The average Bonchev–Trinajstić information content (AvgIpc) is 2.49. The van der Waals surface area contributed by atoms with Crippen LogP contribution in [-0.4, -0.2) is 37.2 Å². The molecule has 2 fully saturated rings. The van der Waals surface area contributed by atoms with Gasteiger partial charge in [0.05, 0.1) is 24.4 Å². The van der Waals surface area contributed by atoms with Crippen molar-refractivity contribution >= 4 is 7.12 Å². The van der Waals surface area contributed by atoms with Gasteiger partial charge in [0.25, 0.3) is 0 Å². The molecule has 4 nitrogen and oxygen atoms in total. The largest absolute Gasteiger partial charge is 0.521 e. The topological polar surface area (TPSA) is 36.9 Å². The van der Waals surface area contributed by atoms with Crippen LogP contribution in [0.15, 0.2) is 0 Å². The van der Waals surface area contributed by atoms with Gasteiger partial charge in [-0.05, 0) is 40.5 Å². The lowest BCUT2D eigenvalue weighted by atomic mass is 9.74. The Balaban J connectivity index is 2.18. The summed E-state index contributed by atoms with van der Waals surface area (Å²) in [7, 11) is -0.446. The second-order valence-electron chi connectivity index (χ2n) is 5.80. The fourth-order valence-electron chi connectivity index (χ4n) is 2.12. The molecular formula is C12H23BO4. The first-order valence-electron chi connectivity index (χ1n) is 6.46. The van der Waals surface area contributed by atoms with Gasteiger partial charge in [-0.15, -0.1) is 0 Å². The van der Waals surface area contributed by atoms with Gasteiger partial charge in [0.15, 0.2) is 0 Å². The zero-order valence-electron chi connectivity index (χ0n) is 11.5. The highest BCUT2D eigenvalue weighted by atomic mass is 16.8. The fourth-order valence-corrected chi connectivity index (χ4v) is 2.12. The van der Waals surface area contributed by atoms with Crippen LogP contribution in [0.2, 0.25) is 0 Å². The number of rotatable bonds is 2. The predicted molar refractivity (Wildman–Crippen MR) is 65.6 cm³/mol. The van der Waals surface area contributed by atoms with Crippen molar-refractivity contribution < 1.29 is 18.8 Å². The molecule has 0 aromatic carbocycles. The average molecular weight is 242 g/mol. The molecule has 0 spiro atoms. The Morgan fingerprint density at radius 2 is 1.41 bits per heavy atom. The third-order valence-corrected chi connectivity index (χ3v) is 4.09. The Kier molecular flexibility index (Phi) is 3.32. The van der Waals surface area contributed by atoms with Crippen molar-refractivity contribution in [1.82, 2.24) is 0 Å². The minimum atomic E-state index is -0.733. The summed E-state index contributed by atoms with van der Waals surface area (Å²) in [5.74, 6) is 0. The maximum absolute atomic E-state index is 6.03. The number of hydrogen-bond acceptors (Lipinski definition) is 4. The minimum Gasteiger partial charge on any atom is -0.400 e. The van der Waals surface area contributed by atoms with Gasteiger partial charge in [-0.25, -0.2) is 0 Å². The summed E-state index contributed by atoms with van der Waals surface area (Å²) in [4.78, 5) is 0. The van der Waals surface area contributed by atoms with Gasteiger partial charge in [0, 0.05) is 0 Å². The van der Waals surface area contributed by atoms with Gasteiger partial charge in [0.1, 0.15) is 0 Å².